The molecule has 78 valence electrons. The van der Waals surface area contributed by atoms with Crippen LogP contribution in [0.4, 0.5) is 0 Å². The molecule has 2 heterocycles. The van der Waals surface area contributed by atoms with E-state index in [0.717, 1.165) is 5.69 Å². The molecule has 0 unspecified atom stereocenters. The number of H-pyrrole nitrogens is 2. The second-order valence-corrected chi connectivity index (χ2v) is 3.95. The van der Waals surface area contributed by atoms with Crippen LogP contribution in [0.2, 0.25) is 0 Å². The van der Waals surface area contributed by atoms with Gasteiger partial charge in [0, 0.05) is 5.69 Å². The molecule has 0 amide bonds. The molecule has 0 saturated carbocycles. The maximum Gasteiger partial charge on any atom is 0.161 e. The number of hydrogen-bond acceptors (Lipinski definition) is 4. The van der Waals surface area contributed by atoms with Gasteiger partial charge >= 0.3 is 0 Å². The van der Waals surface area contributed by atoms with Crippen LogP contribution in [0.15, 0.2) is 12.3 Å². The van der Waals surface area contributed by atoms with Crippen LogP contribution < -0.4 is 0 Å². The Kier molecular flexibility index (Phi) is 2.59. The number of nitrogens with zero attached hydrogens (tertiary/aromatic N) is 3. The van der Waals surface area contributed by atoms with E-state index in [9.17, 15) is 0 Å². The first kappa shape index (κ1) is 9.97. The maximum absolute atomic E-state index is 5.09. The van der Waals surface area contributed by atoms with Gasteiger partial charge < -0.3 is 4.98 Å². The van der Waals surface area contributed by atoms with Gasteiger partial charge in [0.15, 0.2) is 5.82 Å². The summed E-state index contributed by atoms with van der Waals surface area (Å²) in [5.41, 5.74) is 1.72. The first-order valence-electron chi connectivity index (χ1n) is 4.64. The first-order chi connectivity index (χ1) is 7.16. The molecule has 0 atom stereocenters. The van der Waals surface area contributed by atoms with Gasteiger partial charge in [0.2, 0.25) is 0 Å². The lowest BCUT2D eigenvalue weighted by Crippen LogP contribution is -1.98. The van der Waals surface area contributed by atoms with E-state index in [4.69, 9.17) is 12.2 Å². The first-order valence-corrected chi connectivity index (χ1v) is 5.05. The fourth-order valence-corrected chi connectivity index (χ4v) is 1.44. The molecule has 2 aromatic heterocycles. The molecule has 0 radical (unpaired) electrons. The summed E-state index contributed by atoms with van der Waals surface area (Å²) in [6.07, 6.45) is 1.61. The minimum atomic E-state index is 0.375. The molecule has 15 heavy (non-hydrogen) atoms. The highest BCUT2D eigenvalue weighted by molar-refractivity contribution is 7.71. The zero-order valence-corrected chi connectivity index (χ0v) is 9.30. The highest BCUT2D eigenvalue weighted by Crippen LogP contribution is 2.15. The maximum atomic E-state index is 5.09. The van der Waals surface area contributed by atoms with Gasteiger partial charge in [-0.25, -0.2) is 4.98 Å². The largest absolute Gasteiger partial charge is 0.341 e. The molecule has 2 aromatic rings. The minimum Gasteiger partial charge on any atom is -0.341 e. The van der Waals surface area contributed by atoms with Crippen LogP contribution in [0, 0.1) is 4.64 Å². The fraction of sp³-hybridized carbons (Fsp3) is 0.333. The molecule has 0 aliphatic rings. The second-order valence-electron chi connectivity index (χ2n) is 3.53. The SMILES string of the molecule is CC(C)c1cc(=S)nc(-c2cn[nH]n2)[nH]1. The van der Waals surface area contributed by atoms with E-state index in [-0.39, 0.29) is 0 Å². The molecule has 6 heteroatoms. The third kappa shape index (κ3) is 2.10. The van der Waals surface area contributed by atoms with Crippen molar-refractivity contribution in [3.05, 3.63) is 22.6 Å². The molecule has 2 rings (SSSR count). The van der Waals surface area contributed by atoms with Crippen molar-refractivity contribution < 1.29 is 0 Å². The van der Waals surface area contributed by atoms with Crippen molar-refractivity contribution in [2.75, 3.05) is 0 Å². The summed E-state index contributed by atoms with van der Waals surface area (Å²) in [6.45, 7) is 4.18. The molecule has 0 bridgehead atoms. The van der Waals surface area contributed by atoms with Gasteiger partial charge in [-0.3, -0.25) is 0 Å². The Balaban J connectivity index is 2.54. The van der Waals surface area contributed by atoms with Gasteiger partial charge in [-0.1, -0.05) is 26.1 Å². The predicted octanol–water partition coefficient (Wildman–Crippen LogP) is 2.05. The average Bonchev–Trinajstić information content (AvgIpc) is 2.69. The molecule has 0 aliphatic heterocycles. The molecule has 0 aliphatic carbocycles. The van der Waals surface area contributed by atoms with E-state index in [0.29, 0.717) is 22.1 Å². The van der Waals surface area contributed by atoms with Gasteiger partial charge in [-0.15, -0.1) is 0 Å². The summed E-state index contributed by atoms with van der Waals surface area (Å²) in [6, 6.07) is 1.86. The fourth-order valence-electron chi connectivity index (χ4n) is 1.22. The van der Waals surface area contributed by atoms with E-state index in [1.165, 1.54) is 0 Å². The summed E-state index contributed by atoms with van der Waals surface area (Å²) < 4.78 is 0.565. The highest BCUT2D eigenvalue weighted by atomic mass is 32.1. The van der Waals surface area contributed by atoms with Crippen LogP contribution >= 0.6 is 12.2 Å². The Labute approximate surface area is 92.0 Å². The molecule has 0 saturated heterocycles. The van der Waals surface area contributed by atoms with Crippen LogP contribution in [0.1, 0.15) is 25.5 Å². The lowest BCUT2D eigenvalue weighted by molar-refractivity contribution is 0.813. The Morgan fingerprint density at radius 2 is 2.20 bits per heavy atom. The van der Waals surface area contributed by atoms with E-state index < -0.39 is 0 Å². The van der Waals surface area contributed by atoms with Crippen LogP contribution in [0.5, 0.6) is 0 Å². The molecular weight excluding hydrogens is 210 g/mol. The van der Waals surface area contributed by atoms with Crippen molar-refractivity contribution in [1.29, 1.82) is 0 Å². The lowest BCUT2D eigenvalue weighted by atomic mass is 10.1. The monoisotopic (exact) mass is 221 g/mol. The summed E-state index contributed by atoms with van der Waals surface area (Å²) in [5, 5.41) is 10.2. The zero-order valence-electron chi connectivity index (χ0n) is 8.48. The summed E-state index contributed by atoms with van der Waals surface area (Å²) in [7, 11) is 0. The Bertz CT molecular complexity index is 499. The third-order valence-corrected chi connectivity index (χ3v) is 2.25. The van der Waals surface area contributed by atoms with Gasteiger partial charge in [0.25, 0.3) is 0 Å². The molecule has 0 aromatic carbocycles. The predicted molar refractivity (Wildman–Crippen MR) is 58.9 cm³/mol. The smallest absolute Gasteiger partial charge is 0.161 e. The molecule has 0 spiro atoms. The quantitative estimate of drug-likeness (QED) is 0.761. The molecule has 5 nitrogen and oxygen atoms in total. The Morgan fingerprint density at radius 3 is 2.80 bits per heavy atom. The van der Waals surface area contributed by atoms with Crippen molar-refractivity contribution in [3.8, 4) is 11.5 Å². The highest BCUT2D eigenvalue weighted by Gasteiger charge is 2.06. The van der Waals surface area contributed by atoms with Gasteiger partial charge in [-0.05, 0) is 12.0 Å². The van der Waals surface area contributed by atoms with Crippen molar-refractivity contribution in [1.82, 2.24) is 25.4 Å². The van der Waals surface area contributed by atoms with Gasteiger partial charge in [-0.2, -0.15) is 15.4 Å². The number of aromatic amines is 2. The van der Waals surface area contributed by atoms with Crippen molar-refractivity contribution >= 4 is 12.2 Å². The van der Waals surface area contributed by atoms with Gasteiger partial charge in [0.1, 0.15) is 10.3 Å². The molecule has 0 fully saturated rings. The summed E-state index contributed by atoms with van der Waals surface area (Å²) in [4.78, 5) is 7.38. The van der Waals surface area contributed by atoms with E-state index in [2.05, 4.69) is 39.2 Å². The normalized spacial score (nSPS) is 10.9. The summed E-state index contributed by atoms with van der Waals surface area (Å²) in [5.74, 6) is 1.03. The van der Waals surface area contributed by atoms with Crippen LogP contribution in [-0.2, 0) is 0 Å². The van der Waals surface area contributed by atoms with Gasteiger partial charge in [0.05, 0.1) is 6.20 Å². The van der Waals surface area contributed by atoms with Crippen molar-refractivity contribution in [2.24, 2.45) is 0 Å². The Morgan fingerprint density at radius 1 is 1.40 bits per heavy atom. The van der Waals surface area contributed by atoms with E-state index in [1.54, 1.807) is 6.20 Å². The average molecular weight is 221 g/mol. The molecule has 2 N–H and O–H groups in total. The topological polar surface area (TPSA) is 70.2 Å². The minimum absolute atomic E-state index is 0.375. The van der Waals surface area contributed by atoms with Crippen molar-refractivity contribution in [3.63, 3.8) is 0 Å². The van der Waals surface area contributed by atoms with Crippen LogP contribution in [-0.4, -0.2) is 25.4 Å². The van der Waals surface area contributed by atoms with Crippen molar-refractivity contribution in [2.45, 2.75) is 19.8 Å². The molecular formula is C9H11N5S. The Hall–Kier alpha value is -1.56. The van der Waals surface area contributed by atoms with Crippen LogP contribution in [0.3, 0.4) is 0 Å². The summed E-state index contributed by atoms with van der Waals surface area (Å²) >= 11 is 5.09. The number of nitrogens with one attached hydrogen (secondary N) is 2. The van der Waals surface area contributed by atoms with E-state index >= 15 is 0 Å². The second kappa shape index (κ2) is 3.90. The zero-order chi connectivity index (χ0) is 10.8. The van der Waals surface area contributed by atoms with Crippen LogP contribution in [0.25, 0.3) is 11.5 Å². The third-order valence-electron chi connectivity index (χ3n) is 2.04. The number of hydrogen-bond donors (Lipinski definition) is 2. The number of rotatable bonds is 2. The van der Waals surface area contributed by atoms with E-state index in [1.807, 2.05) is 6.07 Å². The standard InChI is InChI=1S/C9H11N5S/c1-5(2)6-3-8(15)12-9(11-6)7-4-10-14-13-7/h3-5H,1-2H3,(H,10,13,14)(H,11,12,15). The number of aromatic nitrogens is 5. The lowest BCUT2D eigenvalue weighted by Gasteiger charge is -2.06.